The van der Waals surface area contributed by atoms with Gasteiger partial charge in [-0.25, -0.2) is 0 Å². The number of aliphatic hydroxyl groups excluding tert-OH is 1. The zero-order valence-electron chi connectivity index (χ0n) is 13.0. The van der Waals surface area contributed by atoms with E-state index in [0.717, 1.165) is 30.4 Å². The summed E-state index contributed by atoms with van der Waals surface area (Å²) in [6, 6.07) is 6.74. The van der Waals surface area contributed by atoms with Crippen LogP contribution < -0.4 is 10.2 Å². The Morgan fingerprint density at radius 1 is 1.35 bits per heavy atom. The van der Waals surface area contributed by atoms with Crippen LogP contribution in [0.2, 0.25) is 0 Å². The fraction of sp³-hybridized carbons (Fsp3) is 0.625. The Bertz CT molecular complexity index is 409. The van der Waals surface area contributed by atoms with E-state index in [9.17, 15) is 5.11 Å². The Morgan fingerprint density at radius 2 is 2.05 bits per heavy atom. The molecule has 0 aromatic heterocycles. The lowest BCUT2D eigenvalue weighted by Crippen LogP contribution is -2.26. The molecule has 2 N–H and O–H groups in total. The highest BCUT2D eigenvalue weighted by molar-refractivity contribution is 9.10. The first-order valence-electron chi connectivity index (χ1n) is 7.37. The first kappa shape index (κ1) is 17.5. The fourth-order valence-corrected chi connectivity index (χ4v) is 2.53. The number of nitrogens with one attached hydrogen (secondary N) is 1. The quantitative estimate of drug-likeness (QED) is 0.755. The van der Waals surface area contributed by atoms with Gasteiger partial charge in [0.2, 0.25) is 0 Å². The SMILES string of the molecule is CCCNC(C)c1ccc(Br)cc1N(C)CCC(C)O. The number of nitrogens with zero attached hydrogens (tertiary/aromatic N) is 1. The molecule has 20 heavy (non-hydrogen) atoms. The average molecular weight is 343 g/mol. The predicted molar refractivity (Wildman–Crippen MR) is 90.4 cm³/mol. The van der Waals surface area contributed by atoms with Crippen LogP contribution in [0, 0.1) is 0 Å². The number of rotatable bonds is 8. The summed E-state index contributed by atoms with van der Waals surface area (Å²) in [6.45, 7) is 8.08. The van der Waals surface area contributed by atoms with Gasteiger partial charge in [0.25, 0.3) is 0 Å². The Balaban J connectivity index is 2.88. The molecule has 0 aliphatic heterocycles. The topological polar surface area (TPSA) is 35.5 Å². The highest BCUT2D eigenvalue weighted by Gasteiger charge is 2.14. The molecule has 1 rings (SSSR count). The van der Waals surface area contributed by atoms with Crippen molar-refractivity contribution >= 4 is 21.6 Å². The van der Waals surface area contributed by atoms with Crippen LogP contribution in [0.1, 0.15) is 45.2 Å². The van der Waals surface area contributed by atoms with E-state index in [2.05, 4.69) is 65.2 Å². The van der Waals surface area contributed by atoms with E-state index in [-0.39, 0.29) is 6.10 Å². The van der Waals surface area contributed by atoms with E-state index >= 15 is 0 Å². The average Bonchev–Trinajstić information content (AvgIpc) is 2.41. The molecule has 0 aliphatic rings. The monoisotopic (exact) mass is 342 g/mol. The summed E-state index contributed by atoms with van der Waals surface area (Å²) < 4.78 is 1.09. The predicted octanol–water partition coefficient (Wildman–Crippen LogP) is 3.72. The van der Waals surface area contributed by atoms with Crippen molar-refractivity contribution in [1.82, 2.24) is 5.32 Å². The van der Waals surface area contributed by atoms with Gasteiger partial charge in [0.15, 0.2) is 0 Å². The molecule has 0 aliphatic carbocycles. The van der Waals surface area contributed by atoms with Crippen molar-refractivity contribution in [3.05, 3.63) is 28.2 Å². The normalized spacial score (nSPS) is 14.1. The van der Waals surface area contributed by atoms with Crippen molar-refractivity contribution in [3.63, 3.8) is 0 Å². The standard InChI is InChI=1S/C16H27BrN2O/c1-5-9-18-13(3)15-7-6-14(17)11-16(15)19(4)10-8-12(2)20/h6-7,11-13,18,20H,5,8-10H2,1-4H3. The van der Waals surface area contributed by atoms with Gasteiger partial charge in [-0.1, -0.05) is 28.9 Å². The molecule has 0 saturated carbocycles. The number of hydrogen-bond donors (Lipinski definition) is 2. The third kappa shape index (κ3) is 5.43. The molecule has 2 unspecified atom stereocenters. The highest BCUT2D eigenvalue weighted by atomic mass is 79.9. The molecule has 4 heteroatoms. The minimum Gasteiger partial charge on any atom is -0.393 e. The molecule has 3 nitrogen and oxygen atoms in total. The van der Waals surface area contributed by atoms with E-state index in [1.54, 1.807) is 0 Å². The lowest BCUT2D eigenvalue weighted by Gasteiger charge is -2.26. The number of halogens is 1. The van der Waals surface area contributed by atoms with Crippen molar-refractivity contribution in [2.45, 2.75) is 45.8 Å². The van der Waals surface area contributed by atoms with Crippen LogP contribution >= 0.6 is 15.9 Å². The lowest BCUT2D eigenvalue weighted by atomic mass is 10.0. The Labute approximate surface area is 131 Å². The molecule has 1 aromatic carbocycles. The van der Waals surface area contributed by atoms with Gasteiger partial charge in [0.1, 0.15) is 0 Å². The summed E-state index contributed by atoms with van der Waals surface area (Å²) in [6.07, 6.45) is 1.65. The molecule has 0 amide bonds. The van der Waals surface area contributed by atoms with E-state index in [1.807, 2.05) is 6.92 Å². The first-order valence-corrected chi connectivity index (χ1v) is 8.17. The number of benzene rings is 1. The Morgan fingerprint density at radius 3 is 2.65 bits per heavy atom. The summed E-state index contributed by atoms with van der Waals surface area (Å²) in [5, 5.41) is 13.0. The van der Waals surface area contributed by atoms with Gasteiger partial charge in [-0.3, -0.25) is 0 Å². The van der Waals surface area contributed by atoms with E-state index in [0.29, 0.717) is 6.04 Å². The third-order valence-corrected chi connectivity index (χ3v) is 3.95. The van der Waals surface area contributed by atoms with Crippen molar-refractivity contribution < 1.29 is 5.11 Å². The molecule has 0 heterocycles. The maximum Gasteiger partial charge on any atom is 0.0528 e. The maximum absolute atomic E-state index is 9.45. The van der Waals surface area contributed by atoms with E-state index in [1.165, 1.54) is 11.3 Å². The van der Waals surface area contributed by atoms with Gasteiger partial charge >= 0.3 is 0 Å². The zero-order chi connectivity index (χ0) is 15.1. The fourth-order valence-electron chi connectivity index (χ4n) is 2.19. The van der Waals surface area contributed by atoms with Crippen molar-refractivity contribution in [2.24, 2.45) is 0 Å². The third-order valence-electron chi connectivity index (χ3n) is 3.45. The molecule has 0 fully saturated rings. The van der Waals surface area contributed by atoms with Crippen LogP contribution in [0.4, 0.5) is 5.69 Å². The molecule has 1 aromatic rings. The molecular weight excluding hydrogens is 316 g/mol. The van der Waals surface area contributed by atoms with Crippen LogP contribution in [0.5, 0.6) is 0 Å². The summed E-state index contributed by atoms with van der Waals surface area (Å²) in [4.78, 5) is 2.22. The molecule has 2 atom stereocenters. The summed E-state index contributed by atoms with van der Waals surface area (Å²) >= 11 is 3.55. The largest absolute Gasteiger partial charge is 0.393 e. The molecule has 0 radical (unpaired) electrons. The van der Waals surface area contributed by atoms with Crippen LogP contribution in [0.25, 0.3) is 0 Å². The summed E-state index contributed by atoms with van der Waals surface area (Å²) in [5.41, 5.74) is 2.52. The second kappa shape index (κ2) is 8.65. The maximum atomic E-state index is 9.45. The highest BCUT2D eigenvalue weighted by Crippen LogP contribution is 2.29. The first-order chi connectivity index (χ1) is 9.45. The van der Waals surface area contributed by atoms with Crippen molar-refractivity contribution in [2.75, 3.05) is 25.0 Å². The number of anilines is 1. The van der Waals surface area contributed by atoms with E-state index < -0.39 is 0 Å². The van der Waals surface area contributed by atoms with Gasteiger partial charge in [-0.05, 0) is 50.9 Å². The number of hydrogen-bond acceptors (Lipinski definition) is 3. The smallest absolute Gasteiger partial charge is 0.0528 e. The second-order valence-electron chi connectivity index (χ2n) is 5.44. The van der Waals surface area contributed by atoms with Crippen molar-refractivity contribution in [1.29, 1.82) is 0 Å². The van der Waals surface area contributed by atoms with Crippen LogP contribution in [0.15, 0.2) is 22.7 Å². The van der Waals surface area contributed by atoms with Gasteiger partial charge in [-0.2, -0.15) is 0 Å². The minimum absolute atomic E-state index is 0.260. The van der Waals surface area contributed by atoms with E-state index in [4.69, 9.17) is 0 Å². The second-order valence-corrected chi connectivity index (χ2v) is 6.35. The summed E-state index contributed by atoms with van der Waals surface area (Å²) in [7, 11) is 2.08. The molecule has 0 bridgehead atoms. The minimum atomic E-state index is -0.260. The lowest BCUT2D eigenvalue weighted by molar-refractivity contribution is 0.187. The van der Waals surface area contributed by atoms with Gasteiger partial charge in [0, 0.05) is 29.8 Å². The Kier molecular flexibility index (Phi) is 7.56. The van der Waals surface area contributed by atoms with Crippen LogP contribution in [0.3, 0.4) is 0 Å². The van der Waals surface area contributed by atoms with Crippen molar-refractivity contribution in [3.8, 4) is 0 Å². The molecule has 114 valence electrons. The van der Waals surface area contributed by atoms with Crippen LogP contribution in [-0.2, 0) is 0 Å². The van der Waals surface area contributed by atoms with Gasteiger partial charge in [-0.15, -0.1) is 0 Å². The van der Waals surface area contributed by atoms with Gasteiger partial charge in [0.05, 0.1) is 6.10 Å². The van der Waals surface area contributed by atoms with Crippen LogP contribution in [-0.4, -0.2) is 31.3 Å². The molecular formula is C16H27BrN2O. The summed E-state index contributed by atoms with van der Waals surface area (Å²) in [5.74, 6) is 0. The number of aliphatic hydroxyl groups is 1. The zero-order valence-corrected chi connectivity index (χ0v) is 14.6. The molecule has 0 spiro atoms. The Hall–Kier alpha value is -0.580. The molecule has 0 saturated heterocycles. The van der Waals surface area contributed by atoms with Gasteiger partial charge < -0.3 is 15.3 Å².